The molecule has 0 unspecified atom stereocenters. The first-order chi connectivity index (χ1) is 6.27. The average molecular weight is 214 g/mol. The molecular weight excluding hydrogens is 209 g/mol. The van der Waals surface area contributed by atoms with Crippen molar-refractivity contribution >= 4 is 23.2 Å². The van der Waals surface area contributed by atoms with Gasteiger partial charge in [-0.1, -0.05) is 23.2 Å². The largest absolute Gasteiger partial charge is 0.276 e. The van der Waals surface area contributed by atoms with Crippen molar-refractivity contribution in [2.75, 3.05) is 0 Å². The molecule has 2 aromatic heterocycles. The summed E-state index contributed by atoms with van der Waals surface area (Å²) in [6.45, 7) is 0. The molecule has 0 amide bonds. The van der Waals surface area contributed by atoms with E-state index in [0.717, 1.165) is 5.69 Å². The van der Waals surface area contributed by atoms with Gasteiger partial charge in [0.1, 0.15) is 5.69 Å². The maximum Gasteiger partial charge on any atom is 0.107 e. The fraction of sp³-hybridized carbons (Fsp3) is 0. The maximum absolute atomic E-state index is 5.93. The highest BCUT2D eigenvalue weighted by Crippen LogP contribution is 2.25. The summed E-state index contributed by atoms with van der Waals surface area (Å²) in [5.74, 6) is 0. The number of halogens is 2. The Kier molecular flexibility index (Phi) is 2.20. The van der Waals surface area contributed by atoms with Gasteiger partial charge >= 0.3 is 0 Å². The van der Waals surface area contributed by atoms with E-state index in [1.807, 2.05) is 0 Å². The molecule has 5 heteroatoms. The van der Waals surface area contributed by atoms with Crippen molar-refractivity contribution in [3.05, 3.63) is 34.6 Å². The van der Waals surface area contributed by atoms with Crippen LogP contribution in [0.3, 0.4) is 0 Å². The molecule has 2 heterocycles. The van der Waals surface area contributed by atoms with E-state index in [2.05, 4.69) is 15.2 Å². The Morgan fingerprint density at radius 1 is 1.31 bits per heavy atom. The highest BCUT2D eigenvalue weighted by molar-refractivity contribution is 6.35. The van der Waals surface area contributed by atoms with Gasteiger partial charge in [-0.25, -0.2) is 0 Å². The summed E-state index contributed by atoms with van der Waals surface area (Å²) >= 11 is 11.6. The Labute approximate surface area is 84.7 Å². The van der Waals surface area contributed by atoms with Crippen LogP contribution in [0, 0.1) is 0 Å². The van der Waals surface area contributed by atoms with Gasteiger partial charge in [0.15, 0.2) is 0 Å². The second-order valence-corrected chi connectivity index (χ2v) is 3.30. The standard InChI is InChI=1S/C8H5Cl2N3/c9-5-3-6(10)8(11-4-5)7-1-2-12-13-7/h1-4H,(H,12,13). The van der Waals surface area contributed by atoms with Crippen molar-refractivity contribution in [3.8, 4) is 11.4 Å². The summed E-state index contributed by atoms with van der Waals surface area (Å²) in [5.41, 5.74) is 1.44. The smallest absolute Gasteiger partial charge is 0.107 e. The van der Waals surface area contributed by atoms with Gasteiger partial charge in [-0.15, -0.1) is 0 Å². The Bertz CT molecular complexity index is 411. The molecule has 0 spiro atoms. The molecule has 1 N–H and O–H groups in total. The van der Waals surface area contributed by atoms with E-state index in [1.165, 1.54) is 0 Å². The highest BCUT2D eigenvalue weighted by atomic mass is 35.5. The number of hydrogen-bond acceptors (Lipinski definition) is 2. The predicted octanol–water partition coefficient (Wildman–Crippen LogP) is 2.78. The lowest BCUT2D eigenvalue weighted by atomic mass is 10.3. The number of pyridine rings is 1. The van der Waals surface area contributed by atoms with Crippen LogP contribution >= 0.6 is 23.2 Å². The number of aromatic amines is 1. The lowest BCUT2D eigenvalue weighted by molar-refractivity contribution is 1.09. The topological polar surface area (TPSA) is 41.6 Å². The molecule has 0 saturated carbocycles. The molecule has 2 rings (SSSR count). The van der Waals surface area contributed by atoms with Crippen LogP contribution in [0.5, 0.6) is 0 Å². The summed E-state index contributed by atoms with van der Waals surface area (Å²) in [7, 11) is 0. The molecule has 3 nitrogen and oxygen atoms in total. The first-order valence-corrected chi connectivity index (χ1v) is 4.34. The molecule has 0 fully saturated rings. The first-order valence-electron chi connectivity index (χ1n) is 3.58. The molecule has 2 aromatic rings. The van der Waals surface area contributed by atoms with Gasteiger partial charge in [0, 0.05) is 12.4 Å². The maximum atomic E-state index is 5.93. The molecule has 0 bridgehead atoms. The minimum atomic E-state index is 0.511. The Morgan fingerprint density at radius 3 is 2.77 bits per heavy atom. The number of nitrogens with zero attached hydrogens (tertiary/aromatic N) is 2. The average Bonchev–Trinajstić information content (AvgIpc) is 2.56. The summed E-state index contributed by atoms with van der Waals surface area (Å²) in [5, 5.41) is 7.61. The van der Waals surface area contributed by atoms with Crippen molar-refractivity contribution < 1.29 is 0 Å². The molecule has 0 aliphatic heterocycles. The predicted molar refractivity (Wildman–Crippen MR) is 51.8 cm³/mol. The number of nitrogens with one attached hydrogen (secondary N) is 1. The zero-order valence-electron chi connectivity index (χ0n) is 6.46. The highest BCUT2D eigenvalue weighted by Gasteiger charge is 2.06. The SMILES string of the molecule is Clc1cnc(-c2ccn[nH]2)c(Cl)c1. The van der Waals surface area contributed by atoms with Crippen molar-refractivity contribution in [2.24, 2.45) is 0 Å². The minimum absolute atomic E-state index is 0.511. The molecule has 13 heavy (non-hydrogen) atoms. The Balaban J connectivity index is 2.53. The molecule has 0 aromatic carbocycles. The number of hydrogen-bond donors (Lipinski definition) is 1. The second-order valence-electron chi connectivity index (χ2n) is 2.45. The summed E-state index contributed by atoms with van der Waals surface area (Å²) in [6.07, 6.45) is 3.19. The molecule has 0 aliphatic carbocycles. The van der Waals surface area contributed by atoms with E-state index in [0.29, 0.717) is 15.7 Å². The Morgan fingerprint density at radius 2 is 2.15 bits per heavy atom. The van der Waals surface area contributed by atoms with Gasteiger partial charge in [0.25, 0.3) is 0 Å². The number of H-pyrrole nitrogens is 1. The third kappa shape index (κ3) is 1.66. The van der Waals surface area contributed by atoms with Gasteiger partial charge in [-0.3, -0.25) is 10.1 Å². The van der Waals surface area contributed by atoms with Crippen LogP contribution in [0.1, 0.15) is 0 Å². The summed E-state index contributed by atoms with van der Waals surface area (Å²) < 4.78 is 0. The van der Waals surface area contributed by atoms with E-state index < -0.39 is 0 Å². The fourth-order valence-electron chi connectivity index (χ4n) is 1.00. The zero-order valence-corrected chi connectivity index (χ0v) is 7.97. The molecule has 0 radical (unpaired) electrons. The van der Waals surface area contributed by atoms with E-state index in [9.17, 15) is 0 Å². The van der Waals surface area contributed by atoms with Crippen molar-refractivity contribution in [1.29, 1.82) is 0 Å². The van der Waals surface area contributed by atoms with Crippen LogP contribution < -0.4 is 0 Å². The van der Waals surface area contributed by atoms with Gasteiger partial charge in [-0.2, -0.15) is 5.10 Å². The number of rotatable bonds is 1. The van der Waals surface area contributed by atoms with Crippen LogP contribution in [0.15, 0.2) is 24.5 Å². The van der Waals surface area contributed by atoms with Gasteiger partial charge < -0.3 is 0 Å². The lowest BCUT2D eigenvalue weighted by Crippen LogP contribution is -1.84. The van der Waals surface area contributed by atoms with Gasteiger partial charge in [0.2, 0.25) is 0 Å². The van der Waals surface area contributed by atoms with E-state index in [1.54, 1.807) is 24.5 Å². The van der Waals surface area contributed by atoms with Gasteiger partial charge in [0.05, 0.1) is 15.7 Å². The van der Waals surface area contributed by atoms with Crippen molar-refractivity contribution in [1.82, 2.24) is 15.2 Å². The second kappa shape index (κ2) is 3.36. The number of aromatic nitrogens is 3. The normalized spacial score (nSPS) is 10.3. The monoisotopic (exact) mass is 213 g/mol. The minimum Gasteiger partial charge on any atom is -0.276 e. The third-order valence-corrected chi connectivity index (χ3v) is 2.06. The zero-order chi connectivity index (χ0) is 9.26. The summed E-state index contributed by atoms with van der Waals surface area (Å²) in [6, 6.07) is 3.44. The van der Waals surface area contributed by atoms with E-state index >= 15 is 0 Å². The quantitative estimate of drug-likeness (QED) is 0.792. The van der Waals surface area contributed by atoms with Gasteiger partial charge in [-0.05, 0) is 12.1 Å². The lowest BCUT2D eigenvalue weighted by Gasteiger charge is -1.99. The fourth-order valence-corrected chi connectivity index (χ4v) is 1.48. The first kappa shape index (κ1) is 8.53. The molecular formula is C8H5Cl2N3. The molecule has 0 atom stereocenters. The van der Waals surface area contributed by atoms with Crippen LogP contribution in [0.25, 0.3) is 11.4 Å². The van der Waals surface area contributed by atoms with Crippen molar-refractivity contribution in [2.45, 2.75) is 0 Å². The van der Waals surface area contributed by atoms with Crippen LogP contribution in [0.4, 0.5) is 0 Å². The van der Waals surface area contributed by atoms with Crippen molar-refractivity contribution in [3.63, 3.8) is 0 Å². The Hall–Kier alpha value is -1.06. The van der Waals surface area contributed by atoms with Crippen LogP contribution in [-0.4, -0.2) is 15.2 Å². The van der Waals surface area contributed by atoms with Crippen LogP contribution in [-0.2, 0) is 0 Å². The molecule has 0 aliphatic rings. The van der Waals surface area contributed by atoms with E-state index in [4.69, 9.17) is 23.2 Å². The molecule has 66 valence electrons. The van der Waals surface area contributed by atoms with Crippen LogP contribution in [0.2, 0.25) is 10.0 Å². The third-order valence-electron chi connectivity index (χ3n) is 1.56. The summed E-state index contributed by atoms with van der Waals surface area (Å²) in [4.78, 5) is 4.09. The van der Waals surface area contributed by atoms with E-state index in [-0.39, 0.29) is 0 Å². The molecule has 0 saturated heterocycles.